The van der Waals surface area contributed by atoms with Crippen LogP contribution in [0, 0.1) is 5.92 Å². The normalized spacial score (nSPS) is 20.8. The number of carbonyl (C=O) groups is 1. The summed E-state index contributed by atoms with van der Waals surface area (Å²) in [7, 11) is 0. The van der Waals surface area contributed by atoms with Crippen LogP contribution in [0.1, 0.15) is 19.3 Å². The summed E-state index contributed by atoms with van der Waals surface area (Å²) in [5, 5.41) is 5.95. The molecule has 6 heteroatoms. The van der Waals surface area contributed by atoms with Crippen molar-refractivity contribution in [3.63, 3.8) is 0 Å². The molecule has 0 N–H and O–H groups in total. The fourth-order valence-corrected chi connectivity index (χ4v) is 2.78. The van der Waals surface area contributed by atoms with E-state index in [0.29, 0.717) is 18.0 Å². The third-order valence-corrected chi connectivity index (χ3v) is 3.86. The first-order chi connectivity index (χ1) is 9.24. The zero-order valence-corrected chi connectivity index (χ0v) is 12.0. The van der Waals surface area contributed by atoms with E-state index in [2.05, 4.69) is 26.0 Å². The maximum absolute atomic E-state index is 12.1. The standard InChI is InChI=1S/C13H14BrN3O2/c14-10-5-11(8-15-7-10)17-13(18)6-12(16-17)9-1-3-19-4-2-9/h5,7-9H,1-4,6H2. The summed E-state index contributed by atoms with van der Waals surface area (Å²) in [5.41, 5.74) is 1.69. The van der Waals surface area contributed by atoms with Crippen LogP contribution in [0.15, 0.2) is 28.0 Å². The fourth-order valence-electron chi connectivity index (χ4n) is 2.42. The number of nitrogens with zero attached hydrogens (tertiary/aromatic N) is 3. The van der Waals surface area contributed by atoms with Gasteiger partial charge in [0.15, 0.2) is 0 Å². The van der Waals surface area contributed by atoms with Crippen molar-refractivity contribution in [2.45, 2.75) is 19.3 Å². The molecule has 19 heavy (non-hydrogen) atoms. The molecular weight excluding hydrogens is 310 g/mol. The summed E-state index contributed by atoms with van der Waals surface area (Å²) in [6.07, 6.45) is 5.66. The van der Waals surface area contributed by atoms with Gasteiger partial charge in [0.05, 0.1) is 24.0 Å². The minimum atomic E-state index is 0.0152. The van der Waals surface area contributed by atoms with Crippen LogP contribution < -0.4 is 5.01 Å². The molecule has 1 fully saturated rings. The lowest BCUT2D eigenvalue weighted by atomic mass is 9.93. The second kappa shape index (κ2) is 5.38. The minimum absolute atomic E-state index is 0.0152. The first-order valence-electron chi connectivity index (χ1n) is 6.32. The van der Waals surface area contributed by atoms with E-state index < -0.39 is 0 Å². The molecule has 100 valence electrons. The Morgan fingerprint density at radius 2 is 2.11 bits per heavy atom. The molecule has 1 aromatic heterocycles. The molecular formula is C13H14BrN3O2. The Kier molecular flexibility index (Phi) is 3.61. The van der Waals surface area contributed by atoms with Crippen LogP contribution in [0.5, 0.6) is 0 Å². The Morgan fingerprint density at radius 3 is 2.84 bits per heavy atom. The lowest BCUT2D eigenvalue weighted by Gasteiger charge is -2.21. The monoisotopic (exact) mass is 323 g/mol. The summed E-state index contributed by atoms with van der Waals surface area (Å²) in [6, 6.07) is 1.85. The van der Waals surface area contributed by atoms with Gasteiger partial charge in [-0.15, -0.1) is 0 Å². The summed E-state index contributed by atoms with van der Waals surface area (Å²) in [6.45, 7) is 1.52. The van der Waals surface area contributed by atoms with Crippen molar-refractivity contribution >= 4 is 33.2 Å². The van der Waals surface area contributed by atoms with Crippen molar-refractivity contribution in [3.05, 3.63) is 22.9 Å². The third kappa shape index (κ3) is 2.69. The number of amides is 1. The maximum atomic E-state index is 12.1. The highest BCUT2D eigenvalue weighted by atomic mass is 79.9. The van der Waals surface area contributed by atoms with Crippen LogP contribution in [-0.2, 0) is 9.53 Å². The van der Waals surface area contributed by atoms with E-state index in [0.717, 1.165) is 36.2 Å². The quantitative estimate of drug-likeness (QED) is 0.839. The molecule has 2 aliphatic heterocycles. The average molecular weight is 324 g/mol. The molecule has 2 aliphatic rings. The van der Waals surface area contributed by atoms with Gasteiger partial charge in [-0.25, -0.2) is 0 Å². The number of aromatic nitrogens is 1. The number of halogens is 1. The van der Waals surface area contributed by atoms with Crippen molar-refractivity contribution < 1.29 is 9.53 Å². The number of pyridine rings is 1. The van der Waals surface area contributed by atoms with E-state index in [4.69, 9.17) is 4.74 Å². The van der Waals surface area contributed by atoms with Gasteiger partial charge < -0.3 is 4.74 Å². The van der Waals surface area contributed by atoms with Crippen molar-refractivity contribution in [1.29, 1.82) is 0 Å². The van der Waals surface area contributed by atoms with E-state index in [1.807, 2.05) is 6.07 Å². The molecule has 3 heterocycles. The van der Waals surface area contributed by atoms with Gasteiger partial charge >= 0.3 is 0 Å². The number of anilines is 1. The molecule has 0 aliphatic carbocycles. The zero-order valence-electron chi connectivity index (χ0n) is 10.4. The highest BCUT2D eigenvalue weighted by Crippen LogP contribution is 2.27. The van der Waals surface area contributed by atoms with Gasteiger partial charge in [0.25, 0.3) is 5.91 Å². The molecule has 0 aromatic carbocycles. The first-order valence-corrected chi connectivity index (χ1v) is 7.12. The van der Waals surface area contributed by atoms with E-state index >= 15 is 0 Å². The fraction of sp³-hybridized carbons (Fsp3) is 0.462. The predicted octanol–water partition coefficient (Wildman–Crippen LogP) is 2.36. The van der Waals surface area contributed by atoms with Crippen molar-refractivity contribution in [3.8, 4) is 0 Å². The van der Waals surface area contributed by atoms with E-state index in [1.54, 1.807) is 12.4 Å². The van der Waals surface area contributed by atoms with E-state index in [1.165, 1.54) is 5.01 Å². The Labute approximate surface area is 119 Å². The van der Waals surface area contributed by atoms with Crippen LogP contribution in [-0.4, -0.2) is 29.8 Å². The van der Waals surface area contributed by atoms with Crippen LogP contribution in [0.2, 0.25) is 0 Å². The summed E-state index contributed by atoms with van der Waals surface area (Å²) in [5.74, 6) is 0.393. The van der Waals surface area contributed by atoms with Gasteiger partial charge in [-0.3, -0.25) is 9.78 Å². The highest BCUT2D eigenvalue weighted by molar-refractivity contribution is 9.10. The van der Waals surface area contributed by atoms with E-state index in [-0.39, 0.29) is 5.91 Å². The van der Waals surface area contributed by atoms with Crippen LogP contribution in [0.3, 0.4) is 0 Å². The van der Waals surface area contributed by atoms with Gasteiger partial charge in [-0.1, -0.05) is 0 Å². The van der Waals surface area contributed by atoms with Crippen molar-refractivity contribution in [2.75, 3.05) is 18.2 Å². The average Bonchev–Trinajstić information content (AvgIpc) is 2.82. The molecule has 0 saturated carbocycles. The Morgan fingerprint density at radius 1 is 1.32 bits per heavy atom. The molecule has 0 unspecified atom stereocenters. The van der Waals surface area contributed by atoms with Crippen LogP contribution in [0.25, 0.3) is 0 Å². The van der Waals surface area contributed by atoms with Gasteiger partial charge in [-0.05, 0) is 34.8 Å². The number of rotatable bonds is 2. The van der Waals surface area contributed by atoms with Crippen LogP contribution in [0.4, 0.5) is 5.69 Å². The number of hydrazone groups is 1. The molecule has 5 nitrogen and oxygen atoms in total. The maximum Gasteiger partial charge on any atom is 0.253 e. The molecule has 0 bridgehead atoms. The smallest absolute Gasteiger partial charge is 0.253 e. The van der Waals surface area contributed by atoms with Gasteiger partial charge in [0.2, 0.25) is 0 Å². The molecule has 1 saturated heterocycles. The van der Waals surface area contributed by atoms with Gasteiger partial charge in [0.1, 0.15) is 0 Å². The zero-order chi connectivity index (χ0) is 13.2. The molecule has 1 amide bonds. The highest BCUT2D eigenvalue weighted by Gasteiger charge is 2.31. The summed E-state index contributed by atoms with van der Waals surface area (Å²) < 4.78 is 6.18. The van der Waals surface area contributed by atoms with Gasteiger partial charge in [-0.2, -0.15) is 10.1 Å². The molecule has 0 atom stereocenters. The predicted molar refractivity (Wildman–Crippen MR) is 75.0 cm³/mol. The lowest BCUT2D eigenvalue weighted by Crippen LogP contribution is -2.23. The SMILES string of the molecule is O=C1CC(C2CCOCC2)=NN1c1cncc(Br)c1. The lowest BCUT2D eigenvalue weighted by molar-refractivity contribution is -0.116. The summed E-state index contributed by atoms with van der Waals surface area (Å²) >= 11 is 3.36. The molecule has 3 rings (SSSR count). The summed E-state index contributed by atoms with van der Waals surface area (Å²) in [4.78, 5) is 16.1. The second-order valence-electron chi connectivity index (χ2n) is 4.72. The number of hydrogen-bond donors (Lipinski definition) is 0. The second-order valence-corrected chi connectivity index (χ2v) is 5.64. The van der Waals surface area contributed by atoms with Crippen LogP contribution >= 0.6 is 15.9 Å². The van der Waals surface area contributed by atoms with Crippen molar-refractivity contribution in [1.82, 2.24) is 4.98 Å². The van der Waals surface area contributed by atoms with E-state index in [9.17, 15) is 4.79 Å². The topological polar surface area (TPSA) is 54.8 Å². The Bertz CT molecular complexity index is 526. The molecule has 0 spiro atoms. The molecule has 1 aromatic rings. The Balaban J connectivity index is 1.82. The third-order valence-electron chi connectivity index (χ3n) is 3.42. The molecule has 0 radical (unpaired) electrons. The Hall–Kier alpha value is -1.27. The largest absolute Gasteiger partial charge is 0.381 e. The number of hydrogen-bond acceptors (Lipinski definition) is 4. The number of carbonyl (C=O) groups excluding carboxylic acids is 1. The van der Waals surface area contributed by atoms with Crippen molar-refractivity contribution in [2.24, 2.45) is 11.0 Å². The number of ether oxygens (including phenoxy) is 1. The van der Waals surface area contributed by atoms with Gasteiger partial charge in [0, 0.05) is 29.8 Å². The minimum Gasteiger partial charge on any atom is -0.381 e. The first kappa shape index (κ1) is 12.7.